The quantitative estimate of drug-likeness (QED) is 0.434. The summed E-state index contributed by atoms with van der Waals surface area (Å²) in [6, 6.07) is 9.21. The molecule has 110 valence electrons. The second-order valence-corrected chi connectivity index (χ2v) is 6.72. The lowest BCUT2D eigenvalue weighted by molar-refractivity contribution is 0.485. The van der Waals surface area contributed by atoms with Crippen LogP contribution in [0.3, 0.4) is 0 Å². The van der Waals surface area contributed by atoms with E-state index in [0.717, 1.165) is 11.0 Å². The molecule has 2 saturated carbocycles. The topological polar surface area (TPSA) is 41.6 Å². The van der Waals surface area contributed by atoms with Crippen molar-refractivity contribution in [2.24, 2.45) is 10.7 Å². The molecule has 1 aromatic rings. The van der Waals surface area contributed by atoms with Gasteiger partial charge in [0.1, 0.15) is 0 Å². The summed E-state index contributed by atoms with van der Waals surface area (Å²) in [5, 5.41) is 0. The fraction of sp³-hybridized carbons (Fsp3) is 0.533. The molecule has 2 N–H and O–H groups in total. The summed E-state index contributed by atoms with van der Waals surface area (Å²) in [5.41, 5.74) is 7.68. The fourth-order valence-corrected chi connectivity index (χ4v) is 2.90. The van der Waals surface area contributed by atoms with Gasteiger partial charge in [0.2, 0.25) is 0 Å². The zero-order chi connectivity index (χ0) is 13.5. The molecule has 0 bridgehead atoms. The minimum absolute atomic E-state index is 0. The number of rotatable bonds is 4. The van der Waals surface area contributed by atoms with Crippen molar-refractivity contribution in [2.75, 3.05) is 13.6 Å². The summed E-state index contributed by atoms with van der Waals surface area (Å²) >= 11 is 3.54. The lowest BCUT2D eigenvalue weighted by Crippen LogP contribution is -2.36. The molecule has 2 fully saturated rings. The van der Waals surface area contributed by atoms with E-state index in [0.29, 0.717) is 12.0 Å². The van der Waals surface area contributed by atoms with E-state index in [-0.39, 0.29) is 29.4 Å². The van der Waals surface area contributed by atoms with Crippen LogP contribution in [0.25, 0.3) is 0 Å². The number of nitrogens with zero attached hydrogens (tertiary/aromatic N) is 2. The first-order chi connectivity index (χ1) is 9.11. The van der Waals surface area contributed by atoms with Gasteiger partial charge in [-0.15, -0.1) is 24.0 Å². The van der Waals surface area contributed by atoms with Crippen LogP contribution in [-0.2, 0) is 5.41 Å². The molecule has 0 saturated heterocycles. The summed E-state index contributed by atoms with van der Waals surface area (Å²) in [6.07, 6.45) is 4.94. The average Bonchev–Trinajstić information content (AvgIpc) is 3.29. The van der Waals surface area contributed by atoms with Crippen LogP contribution in [0.4, 0.5) is 0 Å². The van der Waals surface area contributed by atoms with Crippen LogP contribution in [-0.4, -0.2) is 30.5 Å². The van der Waals surface area contributed by atoms with Crippen LogP contribution in [0.1, 0.15) is 31.2 Å². The van der Waals surface area contributed by atoms with Gasteiger partial charge in [0, 0.05) is 23.0 Å². The Hall–Kier alpha value is -0.300. The van der Waals surface area contributed by atoms with Gasteiger partial charge < -0.3 is 10.6 Å². The van der Waals surface area contributed by atoms with Crippen LogP contribution in [0.2, 0.25) is 0 Å². The fourth-order valence-electron chi connectivity index (χ4n) is 2.50. The van der Waals surface area contributed by atoms with Gasteiger partial charge in [-0.05, 0) is 43.4 Å². The van der Waals surface area contributed by atoms with Crippen molar-refractivity contribution < 1.29 is 0 Å². The maximum Gasteiger partial charge on any atom is 0.191 e. The number of halogens is 2. The Morgan fingerprint density at radius 1 is 1.45 bits per heavy atom. The van der Waals surface area contributed by atoms with Crippen LogP contribution >= 0.6 is 39.9 Å². The smallest absolute Gasteiger partial charge is 0.191 e. The Morgan fingerprint density at radius 3 is 2.70 bits per heavy atom. The van der Waals surface area contributed by atoms with Gasteiger partial charge in [-0.2, -0.15) is 0 Å². The average molecular weight is 450 g/mol. The van der Waals surface area contributed by atoms with E-state index in [4.69, 9.17) is 5.73 Å². The SMILES string of the molecule is CN(C(N)=NCC1(c2cccc(Br)c2)CC1)C1CC1.I. The van der Waals surface area contributed by atoms with Gasteiger partial charge in [-0.25, -0.2) is 0 Å². The van der Waals surface area contributed by atoms with Gasteiger partial charge in [-0.1, -0.05) is 28.1 Å². The van der Waals surface area contributed by atoms with Crippen molar-refractivity contribution in [3.05, 3.63) is 34.3 Å². The van der Waals surface area contributed by atoms with Crippen LogP contribution in [0.15, 0.2) is 33.7 Å². The van der Waals surface area contributed by atoms with Gasteiger partial charge in [-0.3, -0.25) is 4.99 Å². The second kappa shape index (κ2) is 6.22. The summed E-state index contributed by atoms with van der Waals surface area (Å²) in [6.45, 7) is 0.812. The summed E-state index contributed by atoms with van der Waals surface area (Å²) < 4.78 is 1.14. The number of aliphatic imine (C=N–C) groups is 1. The molecule has 3 rings (SSSR count). The standard InChI is InChI=1S/C15H20BrN3.HI/c1-19(13-5-6-13)14(17)18-10-15(7-8-15)11-3-2-4-12(16)9-11;/h2-4,9,13H,5-8,10H2,1H3,(H2,17,18);1H. The number of nitrogens with two attached hydrogens (primary N) is 1. The minimum atomic E-state index is 0. The van der Waals surface area contributed by atoms with E-state index >= 15 is 0 Å². The Bertz CT molecular complexity index is 510. The molecule has 2 aliphatic carbocycles. The van der Waals surface area contributed by atoms with E-state index in [2.05, 4.69) is 57.1 Å². The maximum atomic E-state index is 6.07. The van der Waals surface area contributed by atoms with E-state index < -0.39 is 0 Å². The van der Waals surface area contributed by atoms with Crippen molar-refractivity contribution in [3.63, 3.8) is 0 Å². The Morgan fingerprint density at radius 2 is 2.15 bits per heavy atom. The third kappa shape index (κ3) is 3.47. The molecule has 0 unspecified atom stereocenters. The van der Waals surface area contributed by atoms with Gasteiger partial charge in [0.25, 0.3) is 0 Å². The van der Waals surface area contributed by atoms with E-state index in [9.17, 15) is 0 Å². The lowest BCUT2D eigenvalue weighted by Gasteiger charge is -2.19. The Labute approximate surface area is 146 Å². The van der Waals surface area contributed by atoms with E-state index in [1.807, 2.05) is 0 Å². The van der Waals surface area contributed by atoms with Crippen molar-refractivity contribution in [3.8, 4) is 0 Å². The third-order valence-corrected chi connectivity index (χ3v) is 4.78. The highest BCUT2D eigenvalue weighted by molar-refractivity contribution is 14.0. The lowest BCUT2D eigenvalue weighted by atomic mass is 9.96. The van der Waals surface area contributed by atoms with Crippen molar-refractivity contribution >= 4 is 45.9 Å². The summed E-state index contributed by atoms with van der Waals surface area (Å²) in [4.78, 5) is 6.75. The third-order valence-electron chi connectivity index (χ3n) is 4.29. The summed E-state index contributed by atoms with van der Waals surface area (Å²) in [5.74, 6) is 0.698. The predicted molar refractivity (Wildman–Crippen MR) is 97.7 cm³/mol. The zero-order valence-corrected chi connectivity index (χ0v) is 15.6. The monoisotopic (exact) mass is 449 g/mol. The molecular weight excluding hydrogens is 429 g/mol. The molecule has 0 radical (unpaired) electrons. The maximum absolute atomic E-state index is 6.07. The molecular formula is C15H21BrIN3. The molecule has 3 nitrogen and oxygen atoms in total. The highest BCUT2D eigenvalue weighted by Crippen LogP contribution is 2.48. The molecule has 0 aromatic heterocycles. The molecule has 0 amide bonds. The Balaban J connectivity index is 0.00000147. The van der Waals surface area contributed by atoms with Gasteiger partial charge in [0.15, 0.2) is 5.96 Å². The second-order valence-electron chi connectivity index (χ2n) is 5.81. The molecule has 0 heterocycles. The van der Waals surface area contributed by atoms with Gasteiger partial charge in [0.05, 0.1) is 6.54 Å². The highest BCUT2D eigenvalue weighted by atomic mass is 127. The molecule has 1 aromatic carbocycles. The van der Waals surface area contributed by atoms with E-state index in [1.54, 1.807) is 0 Å². The van der Waals surface area contributed by atoms with Crippen LogP contribution < -0.4 is 5.73 Å². The molecule has 0 aliphatic heterocycles. The zero-order valence-electron chi connectivity index (χ0n) is 11.7. The first-order valence-electron chi connectivity index (χ1n) is 6.90. The number of guanidine groups is 1. The molecule has 5 heteroatoms. The van der Waals surface area contributed by atoms with Crippen LogP contribution in [0.5, 0.6) is 0 Å². The van der Waals surface area contributed by atoms with Crippen molar-refractivity contribution in [1.82, 2.24) is 4.90 Å². The molecule has 0 atom stereocenters. The predicted octanol–water partition coefficient (Wildman–Crippen LogP) is 3.51. The highest BCUT2D eigenvalue weighted by Gasteiger charge is 2.44. The minimum Gasteiger partial charge on any atom is -0.370 e. The molecule has 2 aliphatic rings. The van der Waals surface area contributed by atoms with Crippen LogP contribution in [0, 0.1) is 0 Å². The Kier molecular flexibility index (Phi) is 5.00. The van der Waals surface area contributed by atoms with Crippen molar-refractivity contribution in [2.45, 2.75) is 37.1 Å². The normalized spacial score (nSPS) is 20.2. The number of hydrogen-bond donors (Lipinski definition) is 1. The number of hydrogen-bond acceptors (Lipinski definition) is 1. The molecule has 20 heavy (non-hydrogen) atoms. The number of benzene rings is 1. The van der Waals surface area contributed by atoms with Crippen molar-refractivity contribution in [1.29, 1.82) is 0 Å². The summed E-state index contributed by atoms with van der Waals surface area (Å²) in [7, 11) is 2.05. The first-order valence-corrected chi connectivity index (χ1v) is 7.69. The van der Waals surface area contributed by atoms with E-state index in [1.165, 1.54) is 31.2 Å². The van der Waals surface area contributed by atoms with Gasteiger partial charge >= 0.3 is 0 Å². The largest absolute Gasteiger partial charge is 0.370 e. The first kappa shape index (κ1) is 16.1. The molecule has 0 spiro atoms.